The lowest BCUT2D eigenvalue weighted by atomic mass is 9.99. The van der Waals surface area contributed by atoms with Gasteiger partial charge in [0, 0.05) is 30.3 Å². The van der Waals surface area contributed by atoms with Crippen LogP contribution in [0.2, 0.25) is 0 Å². The number of nitrogens with zero attached hydrogens (tertiary/aromatic N) is 4. The molecule has 0 amide bonds. The zero-order valence-corrected chi connectivity index (χ0v) is 18.0. The van der Waals surface area contributed by atoms with E-state index in [0.717, 1.165) is 56.0 Å². The third kappa shape index (κ3) is 3.45. The smallest absolute Gasteiger partial charge is 0.188 e. The van der Waals surface area contributed by atoms with Crippen molar-refractivity contribution in [3.05, 3.63) is 30.5 Å². The second-order valence-corrected chi connectivity index (χ2v) is 9.36. The summed E-state index contributed by atoms with van der Waals surface area (Å²) in [6.07, 6.45) is 3.63. The first-order valence-corrected chi connectivity index (χ1v) is 11.4. The third-order valence-corrected chi connectivity index (χ3v) is 7.68. The molecule has 0 bridgehead atoms. The highest BCUT2D eigenvalue weighted by molar-refractivity contribution is 7.29. The number of rotatable bonds is 5. The van der Waals surface area contributed by atoms with Gasteiger partial charge in [0.05, 0.1) is 12.8 Å². The number of aromatic hydroxyl groups is 1. The molecule has 0 aliphatic carbocycles. The van der Waals surface area contributed by atoms with Crippen LogP contribution >= 0.6 is 22.7 Å². The molecule has 4 N–H and O–H groups in total. The minimum atomic E-state index is 0.144. The van der Waals surface area contributed by atoms with Crippen molar-refractivity contribution in [2.75, 3.05) is 25.1 Å². The molecule has 0 radical (unpaired) electrons. The van der Waals surface area contributed by atoms with Gasteiger partial charge in [-0.05, 0) is 25.5 Å². The SMILES string of the molecule is CN(c1nc2sc(-c3[nH]ncc3-c3ccccc3O)nc2s1)[C@H]1CCN[C@@H](CO)C1. The van der Waals surface area contributed by atoms with Gasteiger partial charge < -0.3 is 20.4 Å². The average Bonchev–Trinajstić information content (AvgIpc) is 3.48. The van der Waals surface area contributed by atoms with E-state index in [4.69, 9.17) is 9.97 Å². The van der Waals surface area contributed by atoms with Crippen LogP contribution in [0.15, 0.2) is 30.5 Å². The number of aliphatic hydroxyl groups is 1. The number of H-pyrrole nitrogens is 1. The first-order valence-electron chi connectivity index (χ1n) is 9.80. The number of aliphatic hydroxyl groups excluding tert-OH is 1. The molecule has 30 heavy (non-hydrogen) atoms. The fourth-order valence-corrected chi connectivity index (χ4v) is 5.96. The van der Waals surface area contributed by atoms with Crippen molar-refractivity contribution in [1.29, 1.82) is 0 Å². The molecule has 4 heterocycles. The highest BCUT2D eigenvalue weighted by Gasteiger charge is 2.26. The molecule has 0 unspecified atom stereocenters. The third-order valence-electron chi connectivity index (χ3n) is 5.55. The number of phenolic OH excluding ortho intramolecular Hbond substituents is 1. The molecule has 0 spiro atoms. The highest BCUT2D eigenvalue weighted by atomic mass is 32.1. The Bertz CT molecular complexity index is 1140. The second-order valence-electron chi connectivity index (χ2n) is 7.42. The standard InChI is InChI=1S/C20H22N6O2S2/c1-26(12-6-7-21-11(8-12)10-27)20-24-19-18(30-20)23-17(29-19)16-14(9-22-25-16)13-4-2-3-5-15(13)28/h2-5,9,11-12,21,27-28H,6-8,10H2,1H3,(H,22,25)/t11-,12+/m1/s1. The fraction of sp³-hybridized carbons (Fsp3) is 0.350. The Morgan fingerprint density at radius 1 is 1.17 bits per heavy atom. The van der Waals surface area contributed by atoms with E-state index in [1.54, 1.807) is 29.7 Å². The number of anilines is 1. The topological polar surface area (TPSA) is 110 Å². The zero-order valence-electron chi connectivity index (χ0n) is 16.4. The highest BCUT2D eigenvalue weighted by Crippen LogP contribution is 2.40. The van der Waals surface area contributed by atoms with Crippen LogP contribution in [0.25, 0.3) is 31.5 Å². The maximum Gasteiger partial charge on any atom is 0.188 e. The number of aromatic nitrogens is 4. The normalized spacial score (nSPS) is 19.4. The maximum atomic E-state index is 10.2. The van der Waals surface area contributed by atoms with Gasteiger partial charge in [-0.25, -0.2) is 9.97 Å². The van der Waals surface area contributed by atoms with Crippen LogP contribution in [-0.2, 0) is 0 Å². The van der Waals surface area contributed by atoms with Crippen LogP contribution < -0.4 is 10.2 Å². The lowest BCUT2D eigenvalue weighted by Gasteiger charge is -2.35. The van der Waals surface area contributed by atoms with Gasteiger partial charge in [0.2, 0.25) is 0 Å². The summed E-state index contributed by atoms with van der Waals surface area (Å²) in [6.45, 7) is 1.06. The summed E-state index contributed by atoms with van der Waals surface area (Å²) in [7, 11) is 2.07. The monoisotopic (exact) mass is 442 g/mol. The number of phenols is 1. The summed E-state index contributed by atoms with van der Waals surface area (Å²) < 4.78 is 0. The Kier molecular flexibility index (Phi) is 5.15. The quantitative estimate of drug-likeness (QED) is 0.376. The van der Waals surface area contributed by atoms with E-state index in [0.29, 0.717) is 6.04 Å². The summed E-state index contributed by atoms with van der Waals surface area (Å²) in [4.78, 5) is 13.6. The van der Waals surface area contributed by atoms with Crippen molar-refractivity contribution >= 4 is 37.5 Å². The predicted molar refractivity (Wildman–Crippen MR) is 120 cm³/mol. The minimum Gasteiger partial charge on any atom is -0.507 e. The Morgan fingerprint density at radius 3 is 2.80 bits per heavy atom. The van der Waals surface area contributed by atoms with Gasteiger partial charge in [-0.1, -0.05) is 40.9 Å². The molecule has 1 saturated heterocycles. The fourth-order valence-electron chi connectivity index (χ4n) is 3.87. The lowest BCUT2D eigenvalue weighted by Crippen LogP contribution is -2.48. The van der Waals surface area contributed by atoms with Crippen molar-refractivity contribution < 1.29 is 10.2 Å². The van der Waals surface area contributed by atoms with Gasteiger partial charge in [-0.15, -0.1) is 0 Å². The molecule has 3 aromatic heterocycles. The summed E-state index contributed by atoms with van der Waals surface area (Å²) in [5.41, 5.74) is 2.32. The van der Waals surface area contributed by atoms with E-state index >= 15 is 0 Å². The summed E-state index contributed by atoms with van der Waals surface area (Å²) >= 11 is 3.09. The van der Waals surface area contributed by atoms with Gasteiger partial charge >= 0.3 is 0 Å². The largest absolute Gasteiger partial charge is 0.507 e. The van der Waals surface area contributed by atoms with Gasteiger partial charge in [-0.2, -0.15) is 5.10 Å². The van der Waals surface area contributed by atoms with Crippen LogP contribution in [0.4, 0.5) is 5.13 Å². The van der Waals surface area contributed by atoms with Crippen molar-refractivity contribution in [3.63, 3.8) is 0 Å². The van der Waals surface area contributed by atoms with Crippen LogP contribution in [0, 0.1) is 0 Å². The Hall–Kier alpha value is -2.53. The lowest BCUT2D eigenvalue weighted by molar-refractivity contribution is 0.209. The number of benzene rings is 1. The zero-order chi connectivity index (χ0) is 20.7. The summed E-state index contributed by atoms with van der Waals surface area (Å²) in [5.74, 6) is 0.212. The number of hydrogen-bond acceptors (Lipinski definition) is 9. The molecule has 0 saturated carbocycles. The second kappa shape index (κ2) is 7.95. The van der Waals surface area contributed by atoms with Crippen molar-refractivity contribution in [3.8, 4) is 27.6 Å². The molecule has 4 aromatic rings. The molecule has 8 nitrogen and oxygen atoms in total. The van der Waals surface area contributed by atoms with E-state index < -0.39 is 0 Å². The number of para-hydroxylation sites is 1. The van der Waals surface area contributed by atoms with Gasteiger partial charge in [-0.3, -0.25) is 5.10 Å². The maximum absolute atomic E-state index is 10.2. The van der Waals surface area contributed by atoms with E-state index in [9.17, 15) is 10.2 Å². The summed E-state index contributed by atoms with van der Waals surface area (Å²) in [5, 5.41) is 32.0. The number of thiazole rings is 2. The van der Waals surface area contributed by atoms with E-state index in [2.05, 4.69) is 27.5 Å². The Labute approximate surface area is 181 Å². The van der Waals surface area contributed by atoms with Crippen LogP contribution in [0.1, 0.15) is 12.8 Å². The van der Waals surface area contributed by atoms with Crippen molar-refractivity contribution in [1.82, 2.24) is 25.5 Å². The predicted octanol–water partition coefficient (Wildman–Crippen LogP) is 3.06. The number of nitrogens with one attached hydrogen (secondary N) is 2. The van der Waals surface area contributed by atoms with Crippen LogP contribution in [0.5, 0.6) is 5.75 Å². The van der Waals surface area contributed by atoms with Crippen molar-refractivity contribution in [2.24, 2.45) is 0 Å². The summed E-state index contributed by atoms with van der Waals surface area (Å²) in [6, 6.07) is 7.71. The minimum absolute atomic E-state index is 0.144. The van der Waals surface area contributed by atoms with Crippen LogP contribution in [-0.4, -0.2) is 62.7 Å². The van der Waals surface area contributed by atoms with E-state index in [1.807, 2.05) is 12.1 Å². The number of hydrogen-bond donors (Lipinski definition) is 4. The molecule has 1 aliphatic rings. The van der Waals surface area contributed by atoms with E-state index in [-0.39, 0.29) is 18.4 Å². The molecule has 10 heteroatoms. The van der Waals surface area contributed by atoms with Crippen LogP contribution in [0.3, 0.4) is 0 Å². The molecule has 156 valence electrons. The van der Waals surface area contributed by atoms with Gasteiger partial charge in [0.25, 0.3) is 0 Å². The first kappa shape index (κ1) is 19.4. The molecule has 1 aromatic carbocycles. The molecule has 1 aliphatic heterocycles. The van der Waals surface area contributed by atoms with E-state index in [1.165, 1.54) is 11.3 Å². The molecule has 2 atom stereocenters. The number of aromatic amines is 1. The van der Waals surface area contributed by atoms with Gasteiger partial charge in [0.15, 0.2) is 14.8 Å². The Balaban J connectivity index is 1.43. The number of piperidine rings is 1. The Morgan fingerprint density at radius 2 is 2.00 bits per heavy atom. The molecule has 5 rings (SSSR count). The molecule has 1 fully saturated rings. The first-order chi connectivity index (χ1) is 14.6. The molecular formula is C20H22N6O2S2. The van der Waals surface area contributed by atoms with Crippen molar-refractivity contribution in [2.45, 2.75) is 24.9 Å². The average molecular weight is 443 g/mol. The number of fused-ring (bicyclic) bond motifs is 1. The van der Waals surface area contributed by atoms with Gasteiger partial charge in [0.1, 0.15) is 16.5 Å². The molecular weight excluding hydrogens is 420 g/mol.